The highest BCUT2D eigenvalue weighted by atomic mass is 19.1. The Labute approximate surface area is 126 Å². The number of nitrogens with zero attached hydrogens (tertiary/aromatic N) is 1. The van der Waals surface area contributed by atoms with Crippen LogP contribution in [-0.4, -0.2) is 4.98 Å². The molecule has 0 aliphatic carbocycles. The third kappa shape index (κ3) is 2.27. The van der Waals surface area contributed by atoms with Crippen LogP contribution in [0.15, 0.2) is 77.3 Å². The van der Waals surface area contributed by atoms with Crippen molar-refractivity contribution in [3.05, 3.63) is 78.7 Å². The summed E-state index contributed by atoms with van der Waals surface area (Å²) in [5.41, 5.74) is 1.73. The van der Waals surface area contributed by atoms with Gasteiger partial charge >= 0.3 is 0 Å². The lowest BCUT2D eigenvalue weighted by molar-refractivity contribution is 0.588. The van der Waals surface area contributed by atoms with Crippen LogP contribution in [0.2, 0.25) is 0 Å². The number of hydrogen-bond acceptors (Lipinski definition) is 2. The van der Waals surface area contributed by atoms with Crippen LogP contribution in [0.5, 0.6) is 0 Å². The van der Waals surface area contributed by atoms with Crippen molar-refractivity contribution < 1.29 is 8.81 Å². The summed E-state index contributed by atoms with van der Waals surface area (Å²) >= 11 is 0. The molecule has 0 N–H and O–H groups in total. The molecule has 0 atom stereocenters. The molecule has 0 aliphatic rings. The van der Waals surface area contributed by atoms with Gasteiger partial charge in [-0.15, -0.1) is 0 Å². The predicted molar refractivity (Wildman–Crippen MR) is 84.8 cm³/mol. The summed E-state index contributed by atoms with van der Waals surface area (Å²) < 4.78 is 18.8. The molecule has 4 aromatic rings. The summed E-state index contributed by atoms with van der Waals surface area (Å²) in [6, 6.07) is 20.4. The Morgan fingerprint density at radius 3 is 2.32 bits per heavy atom. The molecule has 0 aliphatic heterocycles. The van der Waals surface area contributed by atoms with Gasteiger partial charge in [-0.2, -0.15) is 0 Å². The minimum Gasteiger partial charge on any atom is -0.436 e. The van der Waals surface area contributed by atoms with Crippen molar-refractivity contribution in [1.29, 1.82) is 0 Å². The van der Waals surface area contributed by atoms with Crippen LogP contribution in [0.3, 0.4) is 0 Å². The molecule has 106 valence electrons. The molecule has 0 bridgehead atoms. The first-order valence-electron chi connectivity index (χ1n) is 7.00. The second-order valence-corrected chi connectivity index (χ2v) is 5.10. The van der Waals surface area contributed by atoms with E-state index in [9.17, 15) is 4.39 Å². The van der Waals surface area contributed by atoms with E-state index >= 15 is 0 Å². The normalized spacial score (nSPS) is 11.0. The second-order valence-electron chi connectivity index (χ2n) is 5.10. The number of benzene rings is 3. The molecule has 0 saturated carbocycles. The molecule has 0 fully saturated rings. The molecule has 0 saturated heterocycles. The van der Waals surface area contributed by atoms with Gasteiger partial charge in [0.2, 0.25) is 5.89 Å². The highest BCUT2D eigenvalue weighted by molar-refractivity contribution is 5.86. The fourth-order valence-corrected chi connectivity index (χ4v) is 2.48. The van der Waals surface area contributed by atoms with E-state index in [-0.39, 0.29) is 5.82 Å². The van der Waals surface area contributed by atoms with Crippen molar-refractivity contribution in [2.75, 3.05) is 0 Å². The predicted octanol–water partition coefficient (Wildman–Crippen LogP) is 5.30. The first kappa shape index (κ1) is 12.8. The maximum absolute atomic E-state index is 13.0. The second kappa shape index (κ2) is 5.11. The Hall–Kier alpha value is -2.94. The number of halogens is 1. The molecular weight excluding hydrogens is 277 g/mol. The topological polar surface area (TPSA) is 26.0 Å². The van der Waals surface area contributed by atoms with Crippen molar-refractivity contribution in [2.45, 2.75) is 0 Å². The number of oxazole rings is 1. The quantitative estimate of drug-likeness (QED) is 0.500. The first-order valence-corrected chi connectivity index (χ1v) is 7.00. The molecule has 0 radical (unpaired) electrons. The van der Waals surface area contributed by atoms with Gasteiger partial charge in [0.1, 0.15) is 5.82 Å². The van der Waals surface area contributed by atoms with Crippen molar-refractivity contribution in [3.63, 3.8) is 0 Å². The van der Waals surface area contributed by atoms with Crippen LogP contribution in [0.1, 0.15) is 0 Å². The summed E-state index contributed by atoms with van der Waals surface area (Å²) in [4.78, 5) is 4.28. The zero-order chi connectivity index (χ0) is 14.9. The van der Waals surface area contributed by atoms with Gasteiger partial charge in [0, 0.05) is 11.1 Å². The average molecular weight is 289 g/mol. The third-order valence-electron chi connectivity index (χ3n) is 3.63. The van der Waals surface area contributed by atoms with Gasteiger partial charge in [0.15, 0.2) is 5.76 Å². The molecule has 3 heteroatoms. The number of fused-ring (bicyclic) bond motifs is 1. The van der Waals surface area contributed by atoms with Crippen LogP contribution in [-0.2, 0) is 0 Å². The molecular formula is C19H12FNO. The summed E-state index contributed by atoms with van der Waals surface area (Å²) in [6.07, 6.45) is 1.70. The van der Waals surface area contributed by atoms with Crippen LogP contribution in [0, 0.1) is 5.82 Å². The van der Waals surface area contributed by atoms with Crippen molar-refractivity contribution in [1.82, 2.24) is 4.98 Å². The van der Waals surface area contributed by atoms with Gasteiger partial charge in [-0.25, -0.2) is 9.37 Å². The molecule has 2 nitrogen and oxygen atoms in total. The zero-order valence-corrected chi connectivity index (χ0v) is 11.7. The van der Waals surface area contributed by atoms with E-state index in [1.54, 1.807) is 18.3 Å². The maximum atomic E-state index is 13.0. The van der Waals surface area contributed by atoms with Gasteiger partial charge < -0.3 is 4.42 Å². The average Bonchev–Trinajstić information content (AvgIpc) is 3.05. The van der Waals surface area contributed by atoms with Crippen LogP contribution in [0.4, 0.5) is 4.39 Å². The largest absolute Gasteiger partial charge is 0.436 e. The third-order valence-corrected chi connectivity index (χ3v) is 3.63. The van der Waals surface area contributed by atoms with Gasteiger partial charge in [-0.05, 0) is 41.1 Å². The lowest BCUT2D eigenvalue weighted by atomic mass is 10.1. The smallest absolute Gasteiger partial charge is 0.226 e. The lowest BCUT2D eigenvalue weighted by Gasteiger charge is -2.00. The molecule has 0 spiro atoms. The summed E-state index contributed by atoms with van der Waals surface area (Å²) in [5, 5.41) is 2.34. The molecule has 0 unspecified atom stereocenters. The van der Waals surface area contributed by atoms with E-state index in [1.165, 1.54) is 17.5 Å². The van der Waals surface area contributed by atoms with E-state index in [2.05, 4.69) is 29.2 Å². The van der Waals surface area contributed by atoms with Gasteiger partial charge in [-0.3, -0.25) is 0 Å². The zero-order valence-electron chi connectivity index (χ0n) is 11.7. The SMILES string of the molecule is Fc1ccc(-c2ncc(-c3ccc4ccccc4c3)o2)cc1. The van der Waals surface area contributed by atoms with E-state index in [0.717, 1.165) is 16.5 Å². The highest BCUT2D eigenvalue weighted by Gasteiger charge is 2.09. The van der Waals surface area contributed by atoms with Gasteiger partial charge in [0.25, 0.3) is 0 Å². The van der Waals surface area contributed by atoms with E-state index in [0.29, 0.717) is 11.7 Å². The highest BCUT2D eigenvalue weighted by Crippen LogP contribution is 2.28. The van der Waals surface area contributed by atoms with Gasteiger partial charge in [0.05, 0.1) is 6.20 Å². The van der Waals surface area contributed by atoms with Crippen molar-refractivity contribution >= 4 is 10.8 Å². The van der Waals surface area contributed by atoms with Crippen LogP contribution in [0.25, 0.3) is 33.6 Å². The van der Waals surface area contributed by atoms with Gasteiger partial charge in [-0.1, -0.05) is 36.4 Å². The molecule has 4 rings (SSSR count). The minimum absolute atomic E-state index is 0.273. The number of aromatic nitrogens is 1. The van der Waals surface area contributed by atoms with Crippen molar-refractivity contribution in [3.8, 4) is 22.8 Å². The monoisotopic (exact) mass is 289 g/mol. The molecule has 22 heavy (non-hydrogen) atoms. The Morgan fingerprint density at radius 2 is 1.50 bits per heavy atom. The lowest BCUT2D eigenvalue weighted by Crippen LogP contribution is -1.78. The summed E-state index contributed by atoms with van der Waals surface area (Å²) in [5.74, 6) is 0.915. The summed E-state index contributed by atoms with van der Waals surface area (Å²) in [7, 11) is 0. The summed E-state index contributed by atoms with van der Waals surface area (Å²) in [6.45, 7) is 0. The van der Waals surface area contributed by atoms with E-state index in [4.69, 9.17) is 4.42 Å². The molecule has 1 heterocycles. The molecule has 0 amide bonds. The standard InChI is InChI=1S/C19H12FNO/c20-17-9-7-14(8-10-17)19-21-12-18(22-19)16-6-5-13-3-1-2-4-15(13)11-16/h1-12H. The van der Waals surface area contributed by atoms with Crippen LogP contribution >= 0.6 is 0 Å². The fraction of sp³-hybridized carbons (Fsp3) is 0. The Balaban J connectivity index is 1.74. The number of hydrogen-bond donors (Lipinski definition) is 0. The minimum atomic E-state index is -0.273. The first-order chi connectivity index (χ1) is 10.8. The number of rotatable bonds is 2. The molecule has 1 aromatic heterocycles. The molecule has 3 aromatic carbocycles. The Kier molecular flexibility index (Phi) is 2.97. The van der Waals surface area contributed by atoms with Crippen LogP contribution < -0.4 is 0 Å². The van der Waals surface area contributed by atoms with E-state index < -0.39 is 0 Å². The van der Waals surface area contributed by atoms with Crippen molar-refractivity contribution in [2.24, 2.45) is 0 Å². The fourth-order valence-electron chi connectivity index (χ4n) is 2.48. The Bertz CT molecular complexity index is 941. The Morgan fingerprint density at radius 1 is 0.773 bits per heavy atom. The maximum Gasteiger partial charge on any atom is 0.226 e. The van der Waals surface area contributed by atoms with E-state index in [1.807, 2.05) is 18.2 Å².